The summed E-state index contributed by atoms with van der Waals surface area (Å²) >= 11 is 0. The summed E-state index contributed by atoms with van der Waals surface area (Å²) in [5.74, 6) is -3.31. The van der Waals surface area contributed by atoms with Crippen LogP contribution in [-0.2, 0) is 4.79 Å². The number of ether oxygens (including phenoxy) is 2. The van der Waals surface area contributed by atoms with Gasteiger partial charge in [0.25, 0.3) is 0 Å². The van der Waals surface area contributed by atoms with Crippen LogP contribution in [-0.4, -0.2) is 33.0 Å². The van der Waals surface area contributed by atoms with Crippen LogP contribution in [0, 0.1) is 0 Å². The number of phenols is 3. The van der Waals surface area contributed by atoms with Crippen molar-refractivity contribution in [2.24, 2.45) is 0 Å². The van der Waals surface area contributed by atoms with Gasteiger partial charge in [-0.15, -0.1) is 0 Å². The van der Waals surface area contributed by atoms with Crippen molar-refractivity contribution in [1.29, 1.82) is 0 Å². The van der Waals surface area contributed by atoms with Crippen LogP contribution >= 0.6 is 0 Å². The van der Waals surface area contributed by atoms with Gasteiger partial charge in [0.05, 0.1) is 6.42 Å². The van der Waals surface area contributed by atoms with Crippen molar-refractivity contribution in [2.45, 2.75) is 19.3 Å². The van der Waals surface area contributed by atoms with Gasteiger partial charge < -0.3 is 34.3 Å². The number of hydrogen-bond donors (Lipinski definition) is 4. The molecule has 9 nitrogen and oxygen atoms in total. The summed E-state index contributed by atoms with van der Waals surface area (Å²) < 4.78 is 17.3. The summed E-state index contributed by atoms with van der Waals surface area (Å²) in [7, 11) is 0. The lowest BCUT2D eigenvalue weighted by Gasteiger charge is -2.27. The number of hydrogen-bond acceptors (Lipinski definition) is 9. The average Bonchev–Trinajstić information content (AvgIpc) is 2.85. The van der Waals surface area contributed by atoms with Gasteiger partial charge in [-0.25, -0.2) is 0 Å². The third-order valence-electron chi connectivity index (χ3n) is 6.07. The molecule has 0 aliphatic carbocycles. The van der Waals surface area contributed by atoms with Crippen LogP contribution in [0.25, 0.3) is 22.3 Å². The Morgan fingerprint density at radius 2 is 1.78 bits per heavy atom. The largest absolute Gasteiger partial charge is 0.507 e. The Kier molecular flexibility index (Phi) is 5.75. The molecule has 1 atom stereocenters. The first-order valence-corrected chi connectivity index (χ1v) is 11.3. The highest BCUT2D eigenvalue weighted by Crippen LogP contribution is 2.48. The number of rotatable bonds is 5. The molecule has 1 aromatic heterocycles. The number of carbonyl (C=O) groups is 1. The summed E-state index contributed by atoms with van der Waals surface area (Å²) in [6, 6.07) is 11.8. The van der Waals surface area contributed by atoms with Crippen molar-refractivity contribution in [3.8, 4) is 45.8 Å². The van der Waals surface area contributed by atoms with Gasteiger partial charge >= 0.3 is 5.97 Å². The maximum atomic E-state index is 13.2. The normalized spacial score (nSPS) is 14.7. The van der Waals surface area contributed by atoms with Crippen LogP contribution in [0.5, 0.6) is 34.5 Å². The number of carbonyl (C=O) groups excluding carboxylic acids is 1. The molecule has 4 N–H and O–H groups in total. The van der Waals surface area contributed by atoms with E-state index >= 15 is 0 Å². The molecule has 0 unspecified atom stereocenters. The molecule has 1 aliphatic rings. The summed E-state index contributed by atoms with van der Waals surface area (Å²) in [4.78, 5) is 25.8. The van der Waals surface area contributed by atoms with Crippen molar-refractivity contribution in [2.75, 3.05) is 6.61 Å². The Morgan fingerprint density at radius 3 is 2.51 bits per heavy atom. The third-order valence-corrected chi connectivity index (χ3v) is 6.07. The topological polar surface area (TPSA) is 147 Å². The minimum atomic E-state index is -0.924. The van der Waals surface area contributed by atoms with Crippen molar-refractivity contribution < 1.29 is 39.1 Å². The summed E-state index contributed by atoms with van der Waals surface area (Å²) in [5, 5.41) is 40.6. The van der Waals surface area contributed by atoms with E-state index in [1.807, 2.05) is 6.92 Å². The van der Waals surface area contributed by atoms with Crippen molar-refractivity contribution >= 4 is 16.9 Å². The standard InChI is InChI=1S/C28H22O9/c1-13(2)12-35-20-6-4-3-5-15(20)16-10-22(32)36-21-11-19(31)24-25(33)26(34)27(37-28(24)23(16)21)14-7-8-17(29)18(30)9-14/h3-9,11,16,29-31,34H,1,10,12H2,2H3/t16-/m1/s1. The molecule has 0 fully saturated rings. The first kappa shape index (κ1) is 23.8. The fraction of sp³-hybridized carbons (Fsp3) is 0.143. The molecule has 1 aliphatic heterocycles. The summed E-state index contributed by atoms with van der Waals surface area (Å²) in [6.45, 7) is 5.91. The lowest BCUT2D eigenvalue weighted by atomic mass is 9.84. The lowest BCUT2D eigenvalue weighted by molar-refractivity contribution is -0.135. The third kappa shape index (κ3) is 4.10. The summed E-state index contributed by atoms with van der Waals surface area (Å²) in [5.41, 5.74) is 0.780. The van der Waals surface area contributed by atoms with Crippen LogP contribution in [0.4, 0.5) is 0 Å². The smallest absolute Gasteiger partial charge is 0.312 e. The number of phenolic OH excluding ortho intramolecular Hbond substituents is 3. The maximum Gasteiger partial charge on any atom is 0.312 e. The van der Waals surface area contributed by atoms with Crippen LogP contribution in [0.1, 0.15) is 30.4 Å². The molecule has 0 bridgehead atoms. The molecule has 0 saturated heterocycles. The van der Waals surface area contributed by atoms with Gasteiger partial charge in [-0.05, 0) is 36.8 Å². The van der Waals surface area contributed by atoms with E-state index in [2.05, 4.69) is 6.58 Å². The highest BCUT2D eigenvalue weighted by atomic mass is 16.5. The molecule has 3 aromatic carbocycles. The predicted molar refractivity (Wildman–Crippen MR) is 133 cm³/mol. The van der Waals surface area contributed by atoms with Gasteiger partial charge in [-0.2, -0.15) is 0 Å². The van der Waals surface area contributed by atoms with E-state index in [9.17, 15) is 30.0 Å². The van der Waals surface area contributed by atoms with Crippen LogP contribution in [0.3, 0.4) is 0 Å². The van der Waals surface area contributed by atoms with Gasteiger partial charge in [0.15, 0.2) is 17.3 Å². The summed E-state index contributed by atoms with van der Waals surface area (Å²) in [6.07, 6.45) is -0.111. The second-order valence-corrected chi connectivity index (χ2v) is 8.84. The number of esters is 1. The zero-order valence-electron chi connectivity index (χ0n) is 19.6. The Balaban J connectivity index is 1.81. The van der Waals surface area contributed by atoms with Gasteiger partial charge in [-0.3, -0.25) is 9.59 Å². The number of fused-ring (bicyclic) bond motifs is 3. The zero-order valence-corrected chi connectivity index (χ0v) is 19.6. The fourth-order valence-corrected chi connectivity index (χ4v) is 4.41. The molecule has 0 radical (unpaired) electrons. The average molecular weight is 502 g/mol. The van der Waals surface area contributed by atoms with Crippen molar-refractivity contribution in [3.05, 3.63) is 82.0 Å². The molecule has 37 heavy (non-hydrogen) atoms. The molecular formula is C28H22O9. The maximum absolute atomic E-state index is 13.2. The van der Waals surface area contributed by atoms with Crippen molar-refractivity contribution in [3.63, 3.8) is 0 Å². The zero-order chi connectivity index (χ0) is 26.4. The van der Waals surface area contributed by atoms with E-state index in [1.165, 1.54) is 12.1 Å². The molecule has 0 amide bonds. The monoisotopic (exact) mass is 502 g/mol. The fourth-order valence-electron chi connectivity index (χ4n) is 4.41. The highest BCUT2D eigenvalue weighted by molar-refractivity contribution is 5.94. The predicted octanol–water partition coefficient (Wildman–Crippen LogP) is 4.68. The molecule has 4 aromatic rings. The number of para-hydroxylation sites is 1. The van der Waals surface area contributed by atoms with Crippen LogP contribution in [0.15, 0.2) is 69.9 Å². The lowest BCUT2D eigenvalue weighted by Crippen LogP contribution is -2.22. The van der Waals surface area contributed by atoms with Crippen LogP contribution in [0.2, 0.25) is 0 Å². The van der Waals surface area contributed by atoms with Gasteiger partial charge in [0.2, 0.25) is 11.2 Å². The second kappa shape index (κ2) is 8.94. The first-order valence-electron chi connectivity index (χ1n) is 11.3. The van der Waals surface area contributed by atoms with E-state index in [0.29, 0.717) is 16.9 Å². The van der Waals surface area contributed by atoms with Crippen molar-refractivity contribution in [1.82, 2.24) is 0 Å². The molecule has 0 saturated carbocycles. The minimum Gasteiger partial charge on any atom is -0.507 e. The van der Waals surface area contributed by atoms with E-state index in [0.717, 1.165) is 17.7 Å². The number of benzene rings is 3. The molecule has 5 rings (SSSR count). The van der Waals surface area contributed by atoms with Gasteiger partial charge in [-0.1, -0.05) is 24.8 Å². The van der Waals surface area contributed by atoms with E-state index < -0.39 is 40.3 Å². The highest BCUT2D eigenvalue weighted by Gasteiger charge is 2.35. The van der Waals surface area contributed by atoms with E-state index in [-0.39, 0.29) is 41.1 Å². The number of aromatic hydroxyl groups is 4. The quantitative estimate of drug-likeness (QED) is 0.132. The van der Waals surface area contributed by atoms with Gasteiger partial charge in [0.1, 0.15) is 34.8 Å². The van der Waals surface area contributed by atoms with Crippen LogP contribution < -0.4 is 14.9 Å². The Labute approximate surface area is 210 Å². The molecule has 188 valence electrons. The second-order valence-electron chi connectivity index (χ2n) is 8.84. The SMILES string of the molecule is C=C(C)COc1ccccc1[C@H]1CC(=O)Oc2cc(O)c3c(=O)c(O)c(-c4ccc(O)c(O)c4)oc3c21. The Morgan fingerprint density at radius 1 is 1.03 bits per heavy atom. The van der Waals surface area contributed by atoms with Gasteiger partial charge in [0, 0.05) is 28.7 Å². The van der Waals surface area contributed by atoms with E-state index in [1.54, 1.807) is 24.3 Å². The first-order chi connectivity index (χ1) is 17.7. The van der Waals surface area contributed by atoms with E-state index in [4.69, 9.17) is 13.9 Å². The molecular weight excluding hydrogens is 480 g/mol. The Bertz CT molecular complexity index is 1650. The molecule has 0 spiro atoms. The Hall–Kier alpha value is -4.92. The molecule has 2 heterocycles. The molecule has 9 heteroatoms. The minimum absolute atomic E-state index is 0.00528.